The summed E-state index contributed by atoms with van der Waals surface area (Å²) in [5.41, 5.74) is 1.55. The van der Waals surface area contributed by atoms with E-state index in [1.54, 1.807) is 18.2 Å². The lowest BCUT2D eigenvalue weighted by atomic mass is 10.1. The van der Waals surface area contributed by atoms with Crippen molar-refractivity contribution in [2.75, 3.05) is 5.32 Å². The fraction of sp³-hybridized carbons (Fsp3) is 0.0500. The van der Waals surface area contributed by atoms with Gasteiger partial charge < -0.3 is 5.32 Å². The quantitative estimate of drug-likeness (QED) is 0.443. The molecule has 2 N–H and O–H groups in total. The van der Waals surface area contributed by atoms with Gasteiger partial charge in [-0.2, -0.15) is 10.2 Å². The number of halogens is 4. The highest BCUT2D eigenvalue weighted by atomic mass is 35.5. The van der Waals surface area contributed by atoms with E-state index in [2.05, 4.69) is 20.6 Å². The van der Waals surface area contributed by atoms with E-state index < -0.39 is 11.7 Å². The molecule has 0 saturated carbocycles. The molecule has 1 amide bonds. The van der Waals surface area contributed by atoms with Crippen molar-refractivity contribution in [2.24, 2.45) is 0 Å². The second kappa shape index (κ2) is 8.25. The lowest BCUT2D eigenvalue weighted by molar-refractivity contribution is 0.102. The van der Waals surface area contributed by atoms with Crippen LogP contribution in [0.4, 0.5) is 14.6 Å². The third kappa shape index (κ3) is 4.19. The molecule has 0 radical (unpaired) electrons. The standard InChI is InChI=1S/C20H13Cl2F2N5O/c21-14-2-1-3-16(24)13(14)9-29-10-15(22)19(28-29)25-20(30)18-8-17(26-27-18)11-4-6-12(23)7-5-11/h1-8,10H,9H2,(H,26,27)(H,25,28,30). The molecule has 4 rings (SSSR count). The molecule has 0 atom stereocenters. The van der Waals surface area contributed by atoms with Crippen LogP contribution < -0.4 is 5.32 Å². The molecule has 0 aliphatic heterocycles. The van der Waals surface area contributed by atoms with Crippen LogP contribution in [0.25, 0.3) is 11.3 Å². The fourth-order valence-electron chi connectivity index (χ4n) is 2.79. The van der Waals surface area contributed by atoms with Crippen LogP contribution in [0, 0.1) is 11.6 Å². The van der Waals surface area contributed by atoms with Crippen LogP contribution in [0.5, 0.6) is 0 Å². The predicted octanol–water partition coefficient (Wildman–Crippen LogP) is 5.16. The van der Waals surface area contributed by atoms with E-state index >= 15 is 0 Å². The lowest BCUT2D eigenvalue weighted by Crippen LogP contribution is -2.13. The van der Waals surface area contributed by atoms with Crippen LogP contribution in [-0.2, 0) is 6.54 Å². The smallest absolute Gasteiger partial charge is 0.274 e. The molecule has 0 bridgehead atoms. The van der Waals surface area contributed by atoms with Gasteiger partial charge in [-0.15, -0.1) is 0 Å². The van der Waals surface area contributed by atoms with E-state index in [9.17, 15) is 13.6 Å². The summed E-state index contributed by atoms with van der Waals surface area (Å²) in [5, 5.41) is 13.9. The van der Waals surface area contributed by atoms with Crippen molar-refractivity contribution in [3.63, 3.8) is 0 Å². The molecule has 30 heavy (non-hydrogen) atoms. The van der Waals surface area contributed by atoms with E-state index in [1.165, 1.54) is 41.2 Å². The van der Waals surface area contributed by atoms with Gasteiger partial charge in [0, 0.05) is 22.3 Å². The normalized spacial score (nSPS) is 10.9. The van der Waals surface area contributed by atoms with Crippen LogP contribution >= 0.6 is 23.2 Å². The van der Waals surface area contributed by atoms with Crippen molar-refractivity contribution >= 4 is 34.9 Å². The van der Waals surface area contributed by atoms with Gasteiger partial charge in [0.15, 0.2) is 5.82 Å². The SMILES string of the molecule is O=C(Nc1nn(Cc2c(F)cccc2Cl)cc1Cl)c1cc(-c2ccc(F)cc2)n[nH]1. The van der Waals surface area contributed by atoms with Crippen LogP contribution in [-0.4, -0.2) is 25.9 Å². The van der Waals surface area contributed by atoms with E-state index in [4.69, 9.17) is 23.2 Å². The van der Waals surface area contributed by atoms with Crippen molar-refractivity contribution in [1.82, 2.24) is 20.0 Å². The Hall–Kier alpha value is -3.23. The van der Waals surface area contributed by atoms with Crippen molar-refractivity contribution in [2.45, 2.75) is 6.54 Å². The Balaban J connectivity index is 1.50. The van der Waals surface area contributed by atoms with Gasteiger partial charge in [-0.25, -0.2) is 8.78 Å². The first kappa shape index (κ1) is 20.1. The average molecular weight is 448 g/mol. The molecule has 6 nitrogen and oxygen atoms in total. The molecule has 4 aromatic rings. The number of nitrogens with one attached hydrogen (secondary N) is 2. The first-order valence-electron chi connectivity index (χ1n) is 8.69. The number of hydrogen-bond donors (Lipinski definition) is 2. The van der Waals surface area contributed by atoms with Gasteiger partial charge >= 0.3 is 0 Å². The molecule has 2 aromatic heterocycles. The van der Waals surface area contributed by atoms with Gasteiger partial charge in [-0.1, -0.05) is 29.3 Å². The number of carbonyl (C=O) groups excluding carboxylic acids is 1. The van der Waals surface area contributed by atoms with Gasteiger partial charge in [0.25, 0.3) is 5.91 Å². The minimum atomic E-state index is -0.521. The van der Waals surface area contributed by atoms with Crippen LogP contribution in [0.2, 0.25) is 10.0 Å². The third-order valence-electron chi connectivity index (χ3n) is 4.29. The molecule has 0 unspecified atom stereocenters. The summed E-state index contributed by atoms with van der Waals surface area (Å²) in [7, 11) is 0. The number of hydrogen-bond acceptors (Lipinski definition) is 3. The van der Waals surface area contributed by atoms with Crippen LogP contribution in [0.3, 0.4) is 0 Å². The van der Waals surface area contributed by atoms with E-state index in [0.717, 1.165) is 0 Å². The summed E-state index contributed by atoms with van der Waals surface area (Å²) in [6.45, 7) is 0.0415. The largest absolute Gasteiger partial charge is 0.302 e. The van der Waals surface area contributed by atoms with Crippen molar-refractivity contribution < 1.29 is 13.6 Å². The highest BCUT2D eigenvalue weighted by Crippen LogP contribution is 2.24. The highest BCUT2D eigenvalue weighted by molar-refractivity contribution is 6.33. The van der Waals surface area contributed by atoms with Crippen LogP contribution in [0.1, 0.15) is 16.1 Å². The van der Waals surface area contributed by atoms with E-state index in [0.29, 0.717) is 11.3 Å². The van der Waals surface area contributed by atoms with Crippen molar-refractivity contribution in [3.8, 4) is 11.3 Å². The number of H-pyrrole nitrogens is 1. The van der Waals surface area contributed by atoms with Gasteiger partial charge in [0.2, 0.25) is 0 Å². The monoisotopic (exact) mass is 447 g/mol. The minimum absolute atomic E-state index is 0.0415. The molecule has 2 aromatic carbocycles. The summed E-state index contributed by atoms with van der Waals surface area (Å²) in [4.78, 5) is 12.5. The number of aromatic nitrogens is 4. The maximum Gasteiger partial charge on any atom is 0.274 e. The zero-order valence-corrected chi connectivity index (χ0v) is 16.7. The number of amides is 1. The maximum atomic E-state index is 14.0. The molecule has 0 saturated heterocycles. The Kier molecular flexibility index (Phi) is 5.52. The third-order valence-corrected chi connectivity index (χ3v) is 4.92. The number of carbonyl (C=O) groups is 1. The molecule has 152 valence electrons. The summed E-state index contributed by atoms with van der Waals surface area (Å²) in [6, 6.07) is 11.6. The Morgan fingerprint density at radius 3 is 2.60 bits per heavy atom. The van der Waals surface area contributed by atoms with Gasteiger partial charge in [-0.3, -0.25) is 14.6 Å². The number of aromatic amines is 1. The molecule has 2 heterocycles. The first-order chi connectivity index (χ1) is 14.4. The molecule has 0 aliphatic carbocycles. The zero-order chi connectivity index (χ0) is 21.3. The molecule has 10 heteroatoms. The summed E-state index contributed by atoms with van der Waals surface area (Å²) in [5.74, 6) is -1.25. The summed E-state index contributed by atoms with van der Waals surface area (Å²) < 4.78 is 28.4. The Labute approximate surface area is 179 Å². The Morgan fingerprint density at radius 1 is 1.10 bits per heavy atom. The molecule has 0 fully saturated rings. The number of nitrogens with zero attached hydrogens (tertiary/aromatic N) is 3. The Morgan fingerprint density at radius 2 is 1.87 bits per heavy atom. The molecular weight excluding hydrogens is 435 g/mol. The number of benzene rings is 2. The lowest BCUT2D eigenvalue weighted by Gasteiger charge is -2.05. The van der Waals surface area contributed by atoms with Gasteiger partial charge in [0.1, 0.15) is 22.4 Å². The summed E-state index contributed by atoms with van der Waals surface area (Å²) >= 11 is 12.2. The Bertz CT molecular complexity index is 1200. The van der Waals surface area contributed by atoms with Crippen molar-refractivity contribution in [1.29, 1.82) is 0 Å². The predicted molar refractivity (Wildman–Crippen MR) is 110 cm³/mol. The van der Waals surface area contributed by atoms with Crippen molar-refractivity contribution in [3.05, 3.63) is 87.7 Å². The topological polar surface area (TPSA) is 75.6 Å². The molecule has 0 spiro atoms. The van der Waals surface area contributed by atoms with Gasteiger partial charge in [0.05, 0.1) is 12.2 Å². The summed E-state index contributed by atoms with van der Waals surface area (Å²) in [6.07, 6.45) is 1.46. The van der Waals surface area contributed by atoms with E-state index in [1.807, 2.05) is 0 Å². The van der Waals surface area contributed by atoms with E-state index in [-0.39, 0.29) is 39.5 Å². The minimum Gasteiger partial charge on any atom is -0.302 e. The average Bonchev–Trinajstić information content (AvgIpc) is 3.33. The highest BCUT2D eigenvalue weighted by Gasteiger charge is 2.16. The fourth-order valence-corrected chi connectivity index (χ4v) is 3.21. The second-order valence-corrected chi connectivity index (χ2v) is 7.17. The second-order valence-electron chi connectivity index (χ2n) is 6.35. The van der Waals surface area contributed by atoms with Gasteiger partial charge in [-0.05, 0) is 42.5 Å². The maximum absolute atomic E-state index is 14.0. The zero-order valence-electron chi connectivity index (χ0n) is 15.2. The van der Waals surface area contributed by atoms with Crippen LogP contribution in [0.15, 0.2) is 54.7 Å². The first-order valence-corrected chi connectivity index (χ1v) is 9.45. The molecular formula is C20H13Cl2F2N5O. The molecule has 0 aliphatic rings. The number of rotatable bonds is 5. The number of anilines is 1.